The molecule has 5 heteroatoms. The number of carbonyl (C=O) groups is 1. The summed E-state index contributed by atoms with van der Waals surface area (Å²) in [7, 11) is 0. The molecule has 0 aromatic heterocycles. The number of rotatable bonds is 7. The van der Waals surface area contributed by atoms with Gasteiger partial charge in [-0.25, -0.2) is 0 Å². The van der Waals surface area contributed by atoms with E-state index < -0.39 is 0 Å². The Labute approximate surface area is 115 Å². The Morgan fingerprint density at radius 3 is 2.78 bits per heavy atom. The minimum Gasteiger partial charge on any atom is -0.337 e. The van der Waals surface area contributed by atoms with Gasteiger partial charge in [0.1, 0.15) is 0 Å². The van der Waals surface area contributed by atoms with Gasteiger partial charge in [0.25, 0.3) is 0 Å². The fraction of sp³-hybridized carbons (Fsp3) is 0.923. The maximum absolute atomic E-state index is 12.1. The molecular weight excluding hydrogens is 246 g/mol. The van der Waals surface area contributed by atoms with Crippen molar-refractivity contribution in [2.45, 2.75) is 26.8 Å². The number of nitrogens with one attached hydrogen (secondary N) is 1. The van der Waals surface area contributed by atoms with E-state index in [2.05, 4.69) is 31.0 Å². The van der Waals surface area contributed by atoms with E-state index in [0.717, 1.165) is 45.0 Å². The Morgan fingerprint density at radius 1 is 1.44 bits per heavy atom. The zero-order valence-corrected chi connectivity index (χ0v) is 12.8. The molecule has 1 aliphatic heterocycles. The average molecular weight is 273 g/mol. The summed E-state index contributed by atoms with van der Waals surface area (Å²) in [6, 6.07) is 0.342. The molecule has 1 fully saturated rings. The minimum absolute atomic E-state index is 0.300. The molecule has 18 heavy (non-hydrogen) atoms. The van der Waals surface area contributed by atoms with Crippen molar-refractivity contribution in [2.24, 2.45) is 0 Å². The van der Waals surface area contributed by atoms with E-state index in [1.165, 1.54) is 0 Å². The minimum atomic E-state index is 0.300. The van der Waals surface area contributed by atoms with Crippen molar-refractivity contribution in [3.8, 4) is 0 Å². The summed E-state index contributed by atoms with van der Waals surface area (Å²) < 4.78 is 0. The van der Waals surface area contributed by atoms with E-state index in [0.29, 0.717) is 17.7 Å². The van der Waals surface area contributed by atoms with Crippen LogP contribution in [0.15, 0.2) is 0 Å². The van der Waals surface area contributed by atoms with Gasteiger partial charge in [0.15, 0.2) is 0 Å². The third kappa shape index (κ3) is 5.16. The highest BCUT2D eigenvalue weighted by atomic mass is 32.2. The lowest BCUT2D eigenvalue weighted by Gasteiger charge is -2.34. The second kappa shape index (κ2) is 8.77. The number of hydrogen-bond acceptors (Lipinski definition) is 4. The third-order valence-corrected chi connectivity index (χ3v) is 4.42. The first-order chi connectivity index (χ1) is 8.69. The van der Waals surface area contributed by atoms with Crippen LogP contribution in [-0.4, -0.2) is 72.5 Å². The van der Waals surface area contributed by atoms with Crippen LogP contribution >= 0.6 is 11.8 Å². The number of amides is 1. The highest BCUT2D eigenvalue weighted by Gasteiger charge is 2.22. The molecule has 0 saturated carbocycles. The first-order valence-corrected chi connectivity index (χ1v) is 8.14. The lowest BCUT2D eigenvalue weighted by molar-refractivity contribution is -0.131. The van der Waals surface area contributed by atoms with Crippen LogP contribution in [0, 0.1) is 0 Å². The van der Waals surface area contributed by atoms with Crippen LogP contribution in [-0.2, 0) is 4.79 Å². The van der Waals surface area contributed by atoms with Gasteiger partial charge in [-0.2, -0.15) is 11.8 Å². The molecule has 0 spiro atoms. The number of hydrogen-bond donors (Lipinski definition) is 1. The maximum Gasteiger partial charge on any atom is 0.232 e. The van der Waals surface area contributed by atoms with Crippen molar-refractivity contribution in [1.29, 1.82) is 0 Å². The van der Waals surface area contributed by atoms with Crippen LogP contribution in [0.1, 0.15) is 20.8 Å². The molecule has 1 rings (SSSR count). The van der Waals surface area contributed by atoms with Gasteiger partial charge in [0.2, 0.25) is 5.91 Å². The molecule has 1 atom stereocenters. The zero-order chi connectivity index (χ0) is 13.4. The predicted octanol–water partition coefficient (Wildman–Crippen LogP) is 0.882. The normalized spacial score (nSPS) is 20.4. The Hall–Kier alpha value is -0.260. The molecule has 106 valence electrons. The molecule has 0 aromatic rings. The topological polar surface area (TPSA) is 35.6 Å². The van der Waals surface area contributed by atoms with Gasteiger partial charge in [-0.1, -0.05) is 13.8 Å². The van der Waals surface area contributed by atoms with E-state index in [-0.39, 0.29) is 0 Å². The van der Waals surface area contributed by atoms with Gasteiger partial charge in [-0.05, 0) is 20.0 Å². The molecule has 0 radical (unpaired) electrons. The number of thioether (sulfide) groups is 1. The molecule has 1 heterocycles. The van der Waals surface area contributed by atoms with Crippen LogP contribution in [0.25, 0.3) is 0 Å². The average Bonchev–Trinajstić information content (AvgIpc) is 2.39. The van der Waals surface area contributed by atoms with Gasteiger partial charge < -0.3 is 15.1 Å². The van der Waals surface area contributed by atoms with Crippen molar-refractivity contribution in [2.75, 3.05) is 50.8 Å². The smallest absolute Gasteiger partial charge is 0.232 e. The van der Waals surface area contributed by atoms with Crippen molar-refractivity contribution >= 4 is 17.7 Å². The van der Waals surface area contributed by atoms with E-state index in [1.54, 1.807) is 11.8 Å². The summed E-state index contributed by atoms with van der Waals surface area (Å²) in [5.74, 6) is 1.98. The van der Waals surface area contributed by atoms with Gasteiger partial charge in [-0.15, -0.1) is 0 Å². The van der Waals surface area contributed by atoms with Crippen molar-refractivity contribution in [1.82, 2.24) is 15.1 Å². The fourth-order valence-corrected chi connectivity index (χ4v) is 3.06. The predicted molar refractivity (Wildman–Crippen MR) is 79.2 cm³/mol. The lowest BCUT2D eigenvalue weighted by atomic mass is 10.2. The summed E-state index contributed by atoms with van der Waals surface area (Å²) in [6.07, 6.45) is 0. The molecule has 0 aromatic carbocycles. The summed E-state index contributed by atoms with van der Waals surface area (Å²) in [5.41, 5.74) is 0. The second-order valence-electron chi connectivity index (χ2n) is 4.72. The van der Waals surface area contributed by atoms with Crippen molar-refractivity contribution < 1.29 is 4.79 Å². The monoisotopic (exact) mass is 273 g/mol. The Kier molecular flexibility index (Phi) is 7.70. The second-order valence-corrected chi connectivity index (χ2v) is 5.82. The number of piperazine rings is 1. The van der Waals surface area contributed by atoms with Crippen LogP contribution in [0.3, 0.4) is 0 Å². The molecule has 1 saturated heterocycles. The highest BCUT2D eigenvalue weighted by Crippen LogP contribution is 2.08. The number of carbonyl (C=O) groups excluding carboxylic acids is 1. The van der Waals surface area contributed by atoms with Crippen LogP contribution in [0.5, 0.6) is 0 Å². The Morgan fingerprint density at radius 2 is 2.17 bits per heavy atom. The first-order valence-electron chi connectivity index (χ1n) is 6.99. The summed E-state index contributed by atoms with van der Waals surface area (Å²) >= 11 is 1.76. The van der Waals surface area contributed by atoms with Gasteiger partial charge in [-0.3, -0.25) is 4.79 Å². The summed E-state index contributed by atoms with van der Waals surface area (Å²) in [6.45, 7) is 12.5. The van der Waals surface area contributed by atoms with Gasteiger partial charge in [0.05, 0.1) is 5.75 Å². The fourth-order valence-electron chi connectivity index (χ4n) is 2.19. The van der Waals surface area contributed by atoms with Crippen LogP contribution in [0.4, 0.5) is 0 Å². The van der Waals surface area contributed by atoms with E-state index >= 15 is 0 Å². The standard InChI is InChI=1S/C13H27N3OS/c1-4-15(5-2)8-9-18-11-13(17)16-7-6-14-10-12(16)3/h12,14H,4-11H2,1-3H3/t12-/m0/s1. The van der Waals surface area contributed by atoms with E-state index in [9.17, 15) is 4.79 Å². The highest BCUT2D eigenvalue weighted by molar-refractivity contribution is 7.99. The van der Waals surface area contributed by atoms with Gasteiger partial charge in [0, 0.05) is 38.0 Å². The van der Waals surface area contributed by atoms with E-state index in [1.807, 2.05) is 4.90 Å². The molecule has 4 nitrogen and oxygen atoms in total. The van der Waals surface area contributed by atoms with Crippen molar-refractivity contribution in [3.05, 3.63) is 0 Å². The molecule has 0 aliphatic carbocycles. The summed E-state index contributed by atoms with van der Waals surface area (Å²) in [4.78, 5) is 16.5. The maximum atomic E-state index is 12.1. The van der Waals surface area contributed by atoms with Crippen molar-refractivity contribution in [3.63, 3.8) is 0 Å². The van der Waals surface area contributed by atoms with Gasteiger partial charge >= 0.3 is 0 Å². The summed E-state index contributed by atoms with van der Waals surface area (Å²) in [5, 5.41) is 3.31. The largest absolute Gasteiger partial charge is 0.337 e. The van der Waals surface area contributed by atoms with Crippen LogP contribution in [0.2, 0.25) is 0 Å². The zero-order valence-electron chi connectivity index (χ0n) is 11.9. The SMILES string of the molecule is CCN(CC)CCSCC(=O)N1CCNC[C@@H]1C. The van der Waals surface area contributed by atoms with Crippen LogP contribution < -0.4 is 5.32 Å². The first kappa shape index (κ1) is 15.8. The molecule has 1 N–H and O–H groups in total. The molecule has 0 bridgehead atoms. The lowest BCUT2D eigenvalue weighted by Crippen LogP contribution is -2.52. The Bertz CT molecular complexity index is 246. The quantitative estimate of drug-likeness (QED) is 0.699. The number of nitrogens with zero attached hydrogens (tertiary/aromatic N) is 2. The Balaban J connectivity index is 2.16. The molecular formula is C13H27N3OS. The van der Waals surface area contributed by atoms with E-state index in [4.69, 9.17) is 0 Å². The molecule has 1 amide bonds. The third-order valence-electron chi connectivity index (χ3n) is 3.49. The molecule has 0 unspecified atom stereocenters. The molecule has 1 aliphatic rings.